The first-order chi connectivity index (χ1) is 15.9. The Balaban J connectivity index is 1.51. The lowest BCUT2D eigenvalue weighted by Crippen LogP contribution is -2.31. The van der Waals surface area contributed by atoms with Crippen molar-refractivity contribution in [3.8, 4) is 11.1 Å². The Morgan fingerprint density at radius 3 is 2.70 bits per heavy atom. The first-order valence-electron chi connectivity index (χ1n) is 11.4. The normalized spacial score (nSPS) is 14.2. The van der Waals surface area contributed by atoms with Crippen molar-refractivity contribution >= 4 is 33.1 Å². The number of carbonyl (C=O) groups is 1. The third kappa shape index (κ3) is 4.00. The fourth-order valence-electron chi connectivity index (χ4n) is 4.57. The zero-order valence-electron chi connectivity index (χ0n) is 19.1. The molecule has 0 spiro atoms. The maximum atomic E-state index is 13.5. The fourth-order valence-corrected chi connectivity index (χ4v) is 5.48. The third-order valence-corrected chi connectivity index (χ3v) is 7.51. The molecule has 33 heavy (non-hydrogen) atoms. The molecule has 0 aliphatic heterocycles. The molecular weight excluding hydrogens is 430 g/mol. The summed E-state index contributed by atoms with van der Waals surface area (Å²) in [5.74, 6) is -0.238. The Kier molecular flexibility index (Phi) is 5.62. The molecule has 0 saturated heterocycles. The quantitative estimate of drug-likeness (QED) is 0.420. The van der Waals surface area contributed by atoms with Gasteiger partial charge in [0, 0.05) is 16.6 Å². The number of hydrogen-bond acceptors (Lipinski definition) is 4. The van der Waals surface area contributed by atoms with E-state index in [1.165, 1.54) is 46.2 Å². The second kappa shape index (κ2) is 8.60. The van der Waals surface area contributed by atoms with Crippen LogP contribution < -0.4 is 10.9 Å². The van der Waals surface area contributed by atoms with Crippen LogP contribution in [0.2, 0.25) is 0 Å². The van der Waals surface area contributed by atoms with Crippen LogP contribution in [-0.4, -0.2) is 15.5 Å². The van der Waals surface area contributed by atoms with E-state index in [-0.39, 0.29) is 11.5 Å². The summed E-state index contributed by atoms with van der Waals surface area (Å²) >= 11 is 1.47. The monoisotopic (exact) mass is 457 g/mol. The summed E-state index contributed by atoms with van der Waals surface area (Å²) < 4.78 is 1.44. The molecule has 5 nitrogen and oxygen atoms in total. The molecule has 1 N–H and O–H groups in total. The lowest BCUT2D eigenvalue weighted by Gasteiger charge is -2.17. The topological polar surface area (TPSA) is 64.0 Å². The molecule has 0 saturated carbocycles. The maximum Gasteiger partial charge on any atom is 0.263 e. The van der Waals surface area contributed by atoms with Gasteiger partial charge in [0.15, 0.2) is 0 Å². The first-order valence-corrected chi connectivity index (χ1v) is 12.3. The molecule has 2 aromatic carbocycles. The number of thiophene rings is 1. The van der Waals surface area contributed by atoms with Crippen LogP contribution in [0.4, 0.5) is 5.69 Å². The zero-order valence-corrected chi connectivity index (χ0v) is 20.0. The highest BCUT2D eigenvalue weighted by molar-refractivity contribution is 7.17. The number of hydrogen-bond donors (Lipinski definition) is 1. The zero-order chi connectivity index (χ0) is 23.1. The molecule has 1 amide bonds. The van der Waals surface area contributed by atoms with Gasteiger partial charge >= 0.3 is 0 Å². The van der Waals surface area contributed by atoms with E-state index in [4.69, 9.17) is 0 Å². The van der Waals surface area contributed by atoms with Crippen molar-refractivity contribution in [1.82, 2.24) is 9.55 Å². The molecule has 1 unspecified atom stereocenters. The Labute approximate surface area is 197 Å². The van der Waals surface area contributed by atoms with Crippen LogP contribution in [-0.2, 0) is 17.6 Å². The van der Waals surface area contributed by atoms with Gasteiger partial charge in [0.25, 0.3) is 5.56 Å². The number of benzene rings is 2. The van der Waals surface area contributed by atoms with Crippen molar-refractivity contribution in [2.24, 2.45) is 0 Å². The number of carbonyl (C=O) groups excluding carboxylic acids is 1. The summed E-state index contributed by atoms with van der Waals surface area (Å²) in [5, 5.41) is 5.57. The summed E-state index contributed by atoms with van der Waals surface area (Å²) in [6.45, 7) is 5.68. The van der Waals surface area contributed by atoms with Crippen molar-refractivity contribution in [2.75, 3.05) is 5.32 Å². The van der Waals surface area contributed by atoms with E-state index >= 15 is 0 Å². The third-order valence-electron chi connectivity index (χ3n) is 6.63. The van der Waals surface area contributed by atoms with Crippen molar-refractivity contribution in [3.63, 3.8) is 0 Å². The average molecular weight is 458 g/mol. The molecule has 1 aliphatic carbocycles. The lowest BCUT2D eigenvalue weighted by atomic mass is 9.89. The van der Waals surface area contributed by atoms with Crippen LogP contribution in [0.25, 0.3) is 21.3 Å². The number of aromatic nitrogens is 2. The van der Waals surface area contributed by atoms with Gasteiger partial charge < -0.3 is 5.32 Å². The number of rotatable bonds is 4. The van der Waals surface area contributed by atoms with E-state index in [1.807, 2.05) is 37.4 Å². The summed E-state index contributed by atoms with van der Waals surface area (Å²) in [7, 11) is 0. The predicted octanol–water partition coefficient (Wildman–Crippen LogP) is 5.82. The number of anilines is 1. The second-order valence-corrected chi connectivity index (χ2v) is 9.82. The molecule has 5 rings (SSSR count). The molecule has 0 fully saturated rings. The van der Waals surface area contributed by atoms with Gasteiger partial charge in [-0.05, 0) is 80.3 Å². The molecule has 2 aromatic heterocycles. The Bertz CT molecular complexity index is 1430. The standard InChI is InChI=1S/C27H27N3O2S/c1-16-8-9-17(2)23(12-16)29-25(31)18(3)30-15-28-26-24(27(30)32)22(14-33-26)21-11-10-19-6-4-5-7-20(19)13-21/h8-15,18H,4-7H2,1-3H3,(H,29,31). The minimum absolute atomic E-state index is 0.183. The van der Waals surface area contributed by atoms with Crippen LogP contribution >= 0.6 is 11.3 Å². The number of fused-ring (bicyclic) bond motifs is 2. The molecule has 168 valence electrons. The molecule has 1 aliphatic rings. The van der Waals surface area contributed by atoms with E-state index in [0.717, 1.165) is 40.8 Å². The highest BCUT2D eigenvalue weighted by Crippen LogP contribution is 2.33. The summed E-state index contributed by atoms with van der Waals surface area (Å²) in [4.78, 5) is 31.8. The van der Waals surface area contributed by atoms with Crippen LogP contribution in [0.5, 0.6) is 0 Å². The van der Waals surface area contributed by atoms with E-state index in [2.05, 4.69) is 28.5 Å². The maximum absolute atomic E-state index is 13.5. The fraction of sp³-hybridized carbons (Fsp3) is 0.296. The highest BCUT2D eigenvalue weighted by Gasteiger charge is 2.21. The van der Waals surface area contributed by atoms with Crippen molar-refractivity contribution in [3.05, 3.63) is 80.7 Å². The van der Waals surface area contributed by atoms with E-state index in [0.29, 0.717) is 10.2 Å². The van der Waals surface area contributed by atoms with Gasteiger partial charge in [-0.3, -0.25) is 14.2 Å². The van der Waals surface area contributed by atoms with Gasteiger partial charge in [-0.15, -0.1) is 11.3 Å². The van der Waals surface area contributed by atoms with Crippen molar-refractivity contribution in [1.29, 1.82) is 0 Å². The van der Waals surface area contributed by atoms with Gasteiger partial charge in [0.1, 0.15) is 10.9 Å². The molecule has 2 heterocycles. The molecule has 0 radical (unpaired) electrons. The first kappa shape index (κ1) is 21.6. The highest BCUT2D eigenvalue weighted by atomic mass is 32.1. The number of aryl methyl sites for hydroxylation is 4. The second-order valence-electron chi connectivity index (χ2n) is 8.96. The van der Waals surface area contributed by atoms with Gasteiger partial charge in [-0.1, -0.05) is 30.3 Å². The van der Waals surface area contributed by atoms with E-state index in [9.17, 15) is 9.59 Å². The molecule has 6 heteroatoms. The van der Waals surface area contributed by atoms with Gasteiger partial charge in [0.05, 0.1) is 11.7 Å². The number of nitrogens with one attached hydrogen (secondary N) is 1. The summed E-state index contributed by atoms with van der Waals surface area (Å²) in [5.41, 5.74) is 7.37. The molecule has 1 atom stereocenters. The number of amides is 1. The molecule has 0 bridgehead atoms. The van der Waals surface area contributed by atoms with E-state index in [1.54, 1.807) is 6.92 Å². The van der Waals surface area contributed by atoms with Gasteiger partial charge in [-0.25, -0.2) is 4.98 Å². The summed E-state index contributed by atoms with van der Waals surface area (Å²) in [6, 6.07) is 11.8. The van der Waals surface area contributed by atoms with Crippen molar-refractivity contribution < 1.29 is 4.79 Å². The van der Waals surface area contributed by atoms with E-state index < -0.39 is 6.04 Å². The predicted molar refractivity (Wildman–Crippen MR) is 135 cm³/mol. The van der Waals surface area contributed by atoms with Crippen LogP contribution in [0, 0.1) is 13.8 Å². The smallest absolute Gasteiger partial charge is 0.263 e. The minimum atomic E-state index is -0.689. The van der Waals surface area contributed by atoms with Crippen LogP contribution in [0.15, 0.2) is 52.9 Å². The molecular formula is C27H27N3O2S. The molecule has 4 aromatic rings. The Morgan fingerprint density at radius 2 is 1.88 bits per heavy atom. The Hall–Kier alpha value is -3.25. The number of nitrogens with zero attached hydrogens (tertiary/aromatic N) is 2. The van der Waals surface area contributed by atoms with Gasteiger partial charge in [0.2, 0.25) is 5.91 Å². The van der Waals surface area contributed by atoms with Crippen LogP contribution in [0.3, 0.4) is 0 Å². The summed E-state index contributed by atoms with van der Waals surface area (Å²) in [6.07, 6.45) is 6.16. The largest absolute Gasteiger partial charge is 0.324 e. The van der Waals surface area contributed by atoms with Gasteiger partial charge in [-0.2, -0.15) is 0 Å². The van der Waals surface area contributed by atoms with Crippen LogP contribution in [0.1, 0.15) is 48.1 Å². The minimum Gasteiger partial charge on any atom is -0.324 e. The van der Waals surface area contributed by atoms with Crippen molar-refractivity contribution in [2.45, 2.75) is 52.5 Å². The Morgan fingerprint density at radius 1 is 1.09 bits per heavy atom. The lowest BCUT2D eigenvalue weighted by molar-refractivity contribution is -0.118. The SMILES string of the molecule is Cc1ccc(C)c(NC(=O)C(C)n2cnc3scc(-c4ccc5c(c4)CCCC5)c3c2=O)c1. The average Bonchev–Trinajstić information content (AvgIpc) is 3.26.